The topological polar surface area (TPSA) is 71.4 Å². The van der Waals surface area contributed by atoms with Gasteiger partial charge in [-0.25, -0.2) is 4.79 Å². The lowest BCUT2D eigenvalue weighted by molar-refractivity contribution is 0.0696. The van der Waals surface area contributed by atoms with Crippen LogP contribution in [-0.2, 0) is 9.59 Å². The molecular formula is C9H4O4. The molecule has 0 bridgehead atoms. The molecule has 0 aliphatic heterocycles. The summed E-state index contributed by atoms with van der Waals surface area (Å²) in [5.74, 6) is -1.27. The highest BCUT2D eigenvalue weighted by molar-refractivity contribution is 6.02. The molecular weight excluding hydrogens is 172 g/mol. The molecule has 0 heterocycles. The second-order valence-electron chi connectivity index (χ2n) is 2.24. The van der Waals surface area contributed by atoms with Crippen LogP contribution < -0.4 is 0 Å². The van der Waals surface area contributed by atoms with Gasteiger partial charge in [0.15, 0.2) is 0 Å². The van der Waals surface area contributed by atoms with Crippen LogP contribution in [-0.4, -0.2) is 23.6 Å². The number of aromatic carboxylic acids is 1. The molecule has 4 heteroatoms. The second kappa shape index (κ2) is 3.62. The molecule has 0 aromatic heterocycles. The minimum Gasteiger partial charge on any atom is -0.478 e. The summed E-state index contributed by atoms with van der Waals surface area (Å²) < 4.78 is 0. The summed E-state index contributed by atoms with van der Waals surface area (Å²) in [7, 11) is 0. The van der Waals surface area contributed by atoms with Crippen LogP contribution in [0.2, 0.25) is 0 Å². The van der Waals surface area contributed by atoms with Gasteiger partial charge >= 0.3 is 5.97 Å². The third-order valence-electron chi connectivity index (χ3n) is 1.51. The van der Waals surface area contributed by atoms with E-state index in [-0.39, 0.29) is 16.7 Å². The van der Waals surface area contributed by atoms with Gasteiger partial charge in [0.05, 0.1) is 11.1 Å². The van der Waals surface area contributed by atoms with Gasteiger partial charge in [-0.05, 0) is 6.07 Å². The molecule has 4 nitrogen and oxygen atoms in total. The number of benzene rings is 1. The minimum absolute atomic E-state index is 0.0881. The van der Waals surface area contributed by atoms with E-state index in [1.807, 2.05) is 0 Å². The SMILES string of the molecule is O=[C]c1cccc(C(=O)O)c1[C]=O. The zero-order chi connectivity index (χ0) is 9.84. The smallest absolute Gasteiger partial charge is 0.336 e. The lowest BCUT2D eigenvalue weighted by Crippen LogP contribution is -2.04. The Hall–Kier alpha value is -1.97. The van der Waals surface area contributed by atoms with E-state index in [1.54, 1.807) is 0 Å². The molecule has 0 unspecified atom stereocenters. The average Bonchev–Trinajstić information content (AvgIpc) is 2.16. The summed E-state index contributed by atoms with van der Waals surface area (Å²) in [6, 6.07) is 3.90. The van der Waals surface area contributed by atoms with Crippen molar-refractivity contribution in [3.63, 3.8) is 0 Å². The van der Waals surface area contributed by atoms with Crippen LogP contribution in [0.4, 0.5) is 0 Å². The van der Waals surface area contributed by atoms with E-state index in [0.717, 1.165) is 0 Å². The van der Waals surface area contributed by atoms with Crippen molar-refractivity contribution >= 4 is 18.5 Å². The zero-order valence-electron chi connectivity index (χ0n) is 6.40. The first-order valence-corrected chi connectivity index (χ1v) is 3.33. The van der Waals surface area contributed by atoms with Crippen molar-refractivity contribution in [3.05, 3.63) is 34.9 Å². The van der Waals surface area contributed by atoms with E-state index < -0.39 is 5.97 Å². The highest BCUT2D eigenvalue weighted by Crippen LogP contribution is 2.10. The number of carbonyl (C=O) groups is 1. The van der Waals surface area contributed by atoms with Gasteiger partial charge in [-0.3, -0.25) is 9.59 Å². The summed E-state index contributed by atoms with van der Waals surface area (Å²) in [5, 5.41) is 8.61. The van der Waals surface area contributed by atoms with Gasteiger partial charge in [-0.2, -0.15) is 0 Å². The van der Waals surface area contributed by atoms with Crippen LogP contribution in [0.25, 0.3) is 0 Å². The van der Waals surface area contributed by atoms with Gasteiger partial charge in [-0.15, -0.1) is 0 Å². The fraction of sp³-hybridized carbons (Fsp3) is 0. The van der Waals surface area contributed by atoms with Gasteiger partial charge < -0.3 is 5.11 Å². The summed E-state index contributed by atoms with van der Waals surface area (Å²) in [6.07, 6.45) is 2.87. The Bertz CT molecular complexity index is 368. The largest absolute Gasteiger partial charge is 0.478 e. The molecule has 64 valence electrons. The second-order valence-corrected chi connectivity index (χ2v) is 2.24. The molecule has 13 heavy (non-hydrogen) atoms. The quantitative estimate of drug-likeness (QED) is 0.718. The van der Waals surface area contributed by atoms with Gasteiger partial charge in [0.2, 0.25) is 12.6 Å². The Morgan fingerprint density at radius 3 is 2.38 bits per heavy atom. The Morgan fingerprint density at radius 1 is 1.23 bits per heavy atom. The molecule has 1 rings (SSSR count). The highest BCUT2D eigenvalue weighted by atomic mass is 16.4. The van der Waals surface area contributed by atoms with E-state index in [4.69, 9.17) is 5.11 Å². The molecule has 0 atom stereocenters. The Morgan fingerprint density at radius 2 is 1.92 bits per heavy atom. The lowest BCUT2D eigenvalue weighted by Gasteiger charge is -1.99. The fourth-order valence-corrected chi connectivity index (χ4v) is 0.926. The number of hydrogen-bond donors (Lipinski definition) is 1. The molecule has 0 spiro atoms. The Balaban J connectivity index is 3.43. The van der Waals surface area contributed by atoms with E-state index in [9.17, 15) is 14.4 Å². The van der Waals surface area contributed by atoms with Crippen molar-refractivity contribution in [2.45, 2.75) is 0 Å². The van der Waals surface area contributed by atoms with Gasteiger partial charge in [0.25, 0.3) is 0 Å². The van der Waals surface area contributed by atoms with Gasteiger partial charge in [-0.1, -0.05) is 12.1 Å². The normalized spacial score (nSPS) is 9.23. The molecule has 0 fully saturated rings. The number of hydrogen-bond acceptors (Lipinski definition) is 3. The number of carbonyl (C=O) groups excluding carboxylic acids is 2. The molecule has 0 aliphatic carbocycles. The number of carboxylic acid groups (broad SMARTS) is 1. The lowest BCUT2D eigenvalue weighted by atomic mass is 10.0. The average molecular weight is 176 g/mol. The summed E-state index contributed by atoms with van der Waals surface area (Å²) >= 11 is 0. The van der Waals surface area contributed by atoms with E-state index in [1.165, 1.54) is 30.8 Å². The maximum Gasteiger partial charge on any atom is 0.336 e. The molecule has 0 saturated carbocycles. The van der Waals surface area contributed by atoms with Crippen molar-refractivity contribution in [2.24, 2.45) is 0 Å². The maximum atomic E-state index is 10.5. The van der Waals surface area contributed by atoms with E-state index in [0.29, 0.717) is 0 Å². The van der Waals surface area contributed by atoms with Crippen molar-refractivity contribution < 1.29 is 19.5 Å². The third kappa shape index (κ3) is 1.61. The van der Waals surface area contributed by atoms with E-state index in [2.05, 4.69) is 0 Å². The fourth-order valence-electron chi connectivity index (χ4n) is 0.926. The van der Waals surface area contributed by atoms with Crippen LogP contribution >= 0.6 is 0 Å². The Labute approximate surface area is 73.8 Å². The zero-order valence-corrected chi connectivity index (χ0v) is 6.40. The summed E-state index contributed by atoms with van der Waals surface area (Å²) in [6.45, 7) is 0. The molecule has 2 radical (unpaired) electrons. The standard InChI is InChI=1S/C9H4O4/c10-4-6-2-1-3-7(9(12)13)8(6)5-11/h1-3H,(H,12,13). The predicted molar refractivity (Wildman–Crippen MR) is 43.0 cm³/mol. The monoisotopic (exact) mass is 176 g/mol. The maximum absolute atomic E-state index is 10.5. The third-order valence-corrected chi connectivity index (χ3v) is 1.51. The minimum atomic E-state index is -1.27. The Kier molecular flexibility index (Phi) is 2.54. The van der Waals surface area contributed by atoms with Crippen molar-refractivity contribution in [1.29, 1.82) is 0 Å². The van der Waals surface area contributed by atoms with Crippen molar-refractivity contribution in [3.8, 4) is 0 Å². The highest BCUT2D eigenvalue weighted by Gasteiger charge is 2.13. The van der Waals surface area contributed by atoms with Crippen LogP contribution in [0.5, 0.6) is 0 Å². The molecule has 0 aliphatic rings. The van der Waals surface area contributed by atoms with Gasteiger partial charge in [0, 0.05) is 5.56 Å². The van der Waals surface area contributed by atoms with Crippen LogP contribution in [0.1, 0.15) is 21.5 Å². The molecule has 1 N–H and O–H groups in total. The number of carboxylic acids is 1. The first kappa shape index (κ1) is 9.12. The van der Waals surface area contributed by atoms with E-state index >= 15 is 0 Å². The first-order chi connectivity index (χ1) is 6.20. The number of rotatable bonds is 3. The molecule has 0 saturated heterocycles. The summed E-state index contributed by atoms with van der Waals surface area (Å²) in [4.78, 5) is 31.1. The molecule has 1 aromatic carbocycles. The van der Waals surface area contributed by atoms with Crippen LogP contribution in [0.3, 0.4) is 0 Å². The van der Waals surface area contributed by atoms with Crippen LogP contribution in [0.15, 0.2) is 18.2 Å². The molecule has 0 amide bonds. The summed E-state index contributed by atoms with van der Waals surface area (Å²) in [5.41, 5.74) is -0.587. The molecule has 1 aromatic rings. The van der Waals surface area contributed by atoms with Gasteiger partial charge in [0.1, 0.15) is 0 Å². The van der Waals surface area contributed by atoms with Crippen LogP contribution in [0, 0.1) is 0 Å². The predicted octanol–water partition coefficient (Wildman–Crippen LogP) is 0.300. The van der Waals surface area contributed by atoms with Crippen molar-refractivity contribution in [2.75, 3.05) is 0 Å². The van der Waals surface area contributed by atoms with Crippen molar-refractivity contribution in [1.82, 2.24) is 0 Å². The first-order valence-electron chi connectivity index (χ1n) is 3.33.